The van der Waals surface area contributed by atoms with E-state index in [2.05, 4.69) is 11.0 Å². The summed E-state index contributed by atoms with van der Waals surface area (Å²) >= 11 is 6.33. The molecule has 1 saturated heterocycles. The van der Waals surface area contributed by atoms with Crippen LogP contribution in [0.15, 0.2) is 34.9 Å². The summed E-state index contributed by atoms with van der Waals surface area (Å²) in [5, 5.41) is 0.888. The van der Waals surface area contributed by atoms with Gasteiger partial charge in [-0.25, -0.2) is 0 Å². The Morgan fingerprint density at radius 1 is 1.21 bits per heavy atom. The molecule has 1 aliphatic carbocycles. The Hall–Kier alpha value is -1.78. The van der Waals surface area contributed by atoms with Crippen molar-refractivity contribution in [2.24, 2.45) is 0 Å². The van der Waals surface area contributed by atoms with E-state index in [1.165, 1.54) is 11.1 Å². The summed E-state index contributed by atoms with van der Waals surface area (Å²) in [7, 11) is 0. The summed E-state index contributed by atoms with van der Waals surface area (Å²) in [6.45, 7) is 5.16. The number of furan rings is 1. The van der Waals surface area contributed by atoms with Crippen molar-refractivity contribution in [3.8, 4) is 0 Å². The maximum atomic E-state index is 12.6. The molecule has 2 aliphatic rings. The molecule has 1 aliphatic heterocycles. The molecular weight excluding hydrogens is 324 g/mol. The number of nitrogens with zero attached hydrogens (tertiary/aromatic N) is 2. The van der Waals surface area contributed by atoms with Crippen LogP contribution in [0, 0.1) is 6.92 Å². The SMILES string of the molecule is Cc1occc1C(=O)N1CCN([C@H]2CCc3c(Cl)cccc32)CC1. The molecule has 0 N–H and O–H groups in total. The molecule has 126 valence electrons. The molecule has 0 unspecified atom stereocenters. The highest BCUT2D eigenvalue weighted by atomic mass is 35.5. The number of halogens is 1. The largest absolute Gasteiger partial charge is 0.469 e. The van der Waals surface area contributed by atoms with E-state index in [1.54, 1.807) is 12.3 Å². The molecule has 1 atom stereocenters. The molecule has 0 bridgehead atoms. The van der Waals surface area contributed by atoms with Crippen molar-refractivity contribution in [3.63, 3.8) is 0 Å². The van der Waals surface area contributed by atoms with Gasteiger partial charge >= 0.3 is 0 Å². The number of carbonyl (C=O) groups is 1. The monoisotopic (exact) mass is 344 g/mol. The lowest BCUT2D eigenvalue weighted by molar-refractivity contribution is 0.0566. The van der Waals surface area contributed by atoms with Crippen LogP contribution in [0.1, 0.15) is 39.7 Å². The second kappa shape index (κ2) is 6.26. The second-order valence-corrected chi connectivity index (χ2v) is 6.99. The number of amides is 1. The van der Waals surface area contributed by atoms with Gasteiger partial charge in [-0.15, -0.1) is 0 Å². The first-order valence-electron chi connectivity index (χ1n) is 8.50. The van der Waals surface area contributed by atoms with Crippen LogP contribution in [0.2, 0.25) is 5.02 Å². The van der Waals surface area contributed by atoms with E-state index in [-0.39, 0.29) is 5.91 Å². The molecule has 1 fully saturated rings. The zero-order valence-corrected chi connectivity index (χ0v) is 14.6. The summed E-state index contributed by atoms with van der Waals surface area (Å²) in [5.74, 6) is 0.776. The lowest BCUT2D eigenvalue weighted by Gasteiger charge is -2.38. The average molecular weight is 345 g/mol. The van der Waals surface area contributed by atoms with Crippen LogP contribution in [0.25, 0.3) is 0 Å². The van der Waals surface area contributed by atoms with Gasteiger partial charge in [-0.2, -0.15) is 0 Å². The first-order chi connectivity index (χ1) is 11.6. The number of fused-ring (bicyclic) bond motifs is 1. The number of benzene rings is 1. The third kappa shape index (κ3) is 2.64. The molecule has 0 saturated carbocycles. The summed E-state index contributed by atoms with van der Waals surface area (Å²) in [6, 6.07) is 8.42. The van der Waals surface area contributed by atoms with Crippen LogP contribution in [0.5, 0.6) is 0 Å². The van der Waals surface area contributed by atoms with Crippen LogP contribution >= 0.6 is 11.6 Å². The van der Waals surface area contributed by atoms with Crippen LogP contribution in [0.4, 0.5) is 0 Å². The Kier molecular flexibility index (Phi) is 4.10. The van der Waals surface area contributed by atoms with Gasteiger partial charge in [0.15, 0.2) is 0 Å². The Morgan fingerprint density at radius 2 is 2.00 bits per heavy atom. The number of hydrogen-bond donors (Lipinski definition) is 0. The number of piperazine rings is 1. The van der Waals surface area contributed by atoms with E-state index >= 15 is 0 Å². The van der Waals surface area contributed by atoms with Crippen LogP contribution in [-0.2, 0) is 6.42 Å². The number of aryl methyl sites for hydroxylation is 1. The smallest absolute Gasteiger partial charge is 0.257 e. The molecule has 0 spiro atoms. The zero-order chi connectivity index (χ0) is 16.7. The molecule has 4 nitrogen and oxygen atoms in total. The topological polar surface area (TPSA) is 36.7 Å². The molecule has 1 amide bonds. The minimum absolute atomic E-state index is 0.0794. The van der Waals surface area contributed by atoms with Crippen molar-refractivity contribution in [2.75, 3.05) is 26.2 Å². The quantitative estimate of drug-likeness (QED) is 0.833. The molecule has 0 radical (unpaired) electrons. The van der Waals surface area contributed by atoms with E-state index in [0.717, 1.165) is 44.0 Å². The molecule has 4 rings (SSSR count). The summed E-state index contributed by atoms with van der Waals surface area (Å²) in [4.78, 5) is 17.0. The van der Waals surface area contributed by atoms with Crippen molar-refractivity contribution in [2.45, 2.75) is 25.8 Å². The lowest BCUT2D eigenvalue weighted by atomic mass is 10.1. The molecule has 5 heteroatoms. The summed E-state index contributed by atoms with van der Waals surface area (Å²) < 4.78 is 5.26. The third-order valence-electron chi connectivity index (χ3n) is 5.31. The fourth-order valence-corrected chi connectivity index (χ4v) is 4.26. The van der Waals surface area contributed by atoms with Gasteiger partial charge in [-0.1, -0.05) is 23.7 Å². The fourth-order valence-electron chi connectivity index (χ4n) is 3.98. The van der Waals surface area contributed by atoms with E-state index in [9.17, 15) is 4.79 Å². The van der Waals surface area contributed by atoms with Crippen LogP contribution in [-0.4, -0.2) is 41.9 Å². The van der Waals surface area contributed by atoms with Gasteiger partial charge in [0.2, 0.25) is 0 Å². The minimum Gasteiger partial charge on any atom is -0.469 e. The lowest BCUT2D eigenvalue weighted by Crippen LogP contribution is -2.49. The van der Waals surface area contributed by atoms with Gasteiger partial charge in [-0.05, 0) is 43.0 Å². The van der Waals surface area contributed by atoms with Crippen LogP contribution < -0.4 is 0 Å². The standard InChI is InChI=1S/C19H21ClN2O2/c1-13-14(7-12-24-13)19(23)22-10-8-21(9-11-22)18-6-5-15-16(18)3-2-4-17(15)20/h2-4,7,12,18H,5-6,8-11H2,1H3/t18-/m0/s1. The van der Waals surface area contributed by atoms with Gasteiger partial charge in [0.1, 0.15) is 5.76 Å². The van der Waals surface area contributed by atoms with Gasteiger partial charge < -0.3 is 9.32 Å². The maximum absolute atomic E-state index is 12.6. The highest BCUT2D eigenvalue weighted by Gasteiger charge is 2.32. The van der Waals surface area contributed by atoms with Crippen molar-refractivity contribution >= 4 is 17.5 Å². The Labute approximate surface area is 147 Å². The van der Waals surface area contributed by atoms with Crippen molar-refractivity contribution in [1.82, 2.24) is 9.80 Å². The highest BCUT2D eigenvalue weighted by molar-refractivity contribution is 6.31. The third-order valence-corrected chi connectivity index (χ3v) is 5.67. The highest BCUT2D eigenvalue weighted by Crippen LogP contribution is 2.39. The summed E-state index contributed by atoms with van der Waals surface area (Å²) in [5.41, 5.74) is 3.35. The first kappa shape index (κ1) is 15.7. The normalized spacial score (nSPS) is 21.1. The van der Waals surface area contributed by atoms with E-state index < -0.39 is 0 Å². The second-order valence-electron chi connectivity index (χ2n) is 6.58. The molecular formula is C19H21ClN2O2. The molecule has 1 aromatic carbocycles. The molecule has 24 heavy (non-hydrogen) atoms. The van der Waals surface area contributed by atoms with Crippen molar-refractivity contribution < 1.29 is 9.21 Å². The van der Waals surface area contributed by atoms with Gasteiger partial charge in [0.05, 0.1) is 11.8 Å². The molecule has 1 aromatic heterocycles. The molecule has 2 aromatic rings. The Balaban J connectivity index is 1.44. The molecule has 2 heterocycles. The first-order valence-corrected chi connectivity index (χ1v) is 8.87. The maximum Gasteiger partial charge on any atom is 0.257 e. The fraction of sp³-hybridized carbons (Fsp3) is 0.421. The van der Waals surface area contributed by atoms with E-state index in [0.29, 0.717) is 17.4 Å². The van der Waals surface area contributed by atoms with E-state index in [1.807, 2.05) is 24.0 Å². The van der Waals surface area contributed by atoms with Crippen molar-refractivity contribution in [1.29, 1.82) is 0 Å². The van der Waals surface area contributed by atoms with Crippen LogP contribution in [0.3, 0.4) is 0 Å². The van der Waals surface area contributed by atoms with Gasteiger partial charge in [0, 0.05) is 37.2 Å². The Bertz CT molecular complexity index is 762. The minimum atomic E-state index is 0.0794. The van der Waals surface area contributed by atoms with Crippen molar-refractivity contribution in [3.05, 3.63) is 58.0 Å². The average Bonchev–Trinajstić information content (AvgIpc) is 3.21. The zero-order valence-electron chi connectivity index (χ0n) is 13.8. The summed E-state index contributed by atoms with van der Waals surface area (Å²) in [6.07, 6.45) is 3.75. The Morgan fingerprint density at radius 3 is 2.71 bits per heavy atom. The number of hydrogen-bond acceptors (Lipinski definition) is 3. The predicted molar refractivity (Wildman–Crippen MR) is 93.4 cm³/mol. The van der Waals surface area contributed by atoms with E-state index in [4.69, 9.17) is 16.0 Å². The van der Waals surface area contributed by atoms with Gasteiger partial charge in [-0.3, -0.25) is 9.69 Å². The predicted octanol–water partition coefficient (Wildman–Crippen LogP) is 3.69. The number of rotatable bonds is 2. The number of carbonyl (C=O) groups excluding carboxylic acids is 1. The van der Waals surface area contributed by atoms with Gasteiger partial charge in [0.25, 0.3) is 5.91 Å².